The lowest BCUT2D eigenvalue weighted by molar-refractivity contribution is -0.137. The summed E-state index contributed by atoms with van der Waals surface area (Å²) in [5.74, 6) is 1.07. The summed E-state index contributed by atoms with van der Waals surface area (Å²) in [6, 6.07) is 8.39. The second-order valence-corrected chi connectivity index (χ2v) is 5.53. The Morgan fingerprint density at radius 2 is 2.00 bits per heavy atom. The Balaban J connectivity index is 1.63. The number of anilines is 1. The molecule has 3 rings (SSSR count). The highest BCUT2D eigenvalue weighted by molar-refractivity contribution is 5.41. The van der Waals surface area contributed by atoms with Crippen LogP contribution in [0.4, 0.5) is 19.0 Å². The zero-order chi connectivity index (χ0) is 15.6. The van der Waals surface area contributed by atoms with Crippen molar-refractivity contribution in [3.63, 3.8) is 0 Å². The molecule has 1 unspecified atom stereocenters. The van der Waals surface area contributed by atoms with Gasteiger partial charge in [-0.1, -0.05) is 6.07 Å². The molecule has 22 heavy (non-hydrogen) atoms. The minimum Gasteiger partial charge on any atom is -0.356 e. The molecule has 3 nitrogen and oxygen atoms in total. The molecule has 0 spiro atoms. The number of nitrogens with zero attached hydrogens (tertiary/aromatic N) is 3. The molecule has 0 saturated carbocycles. The molecule has 2 aromatic heterocycles. The molecule has 1 aliphatic rings. The normalized spacial score (nSPS) is 18.7. The molecule has 3 heterocycles. The summed E-state index contributed by atoms with van der Waals surface area (Å²) >= 11 is 0. The van der Waals surface area contributed by atoms with Crippen LogP contribution in [0.1, 0.15) is 17.7 Å². The summed E-state index contributed by atoms with van der Waals surface area (Å²) in [5, 5.41) is 0. The van der Waals surface area contributed by atoms with E-state index in [4.69, 9.17) is 0 Å². The maximum absolute atomic E-state index is 12.5. The van der Waals surface area contributed by atoms with Crippen molar-refractivity contribution in [2.75, 3.05) is 18.0 Å². The van der Waals surface area contributed by atoms with E-state index < -0.39 is 11.7 Å². The van der Waals surface area contributed by atoms with Gasteiger partial charge in [0.25, 0.3) is 0 Å². The van der Waals surface area contributed by atoms with Crippen molar-refractivity contribution in [1.82, 2.24) is 9.97 Å². The van der Waals surface area contributed by atoms with Crippen LogP contribution in [0.5, 0.6) is 0 Å². The van der Waals surface area contributed by atoms with Crippen LogP contribution >= 0.6 is 0 Å². The van der Waals surface area contributed by atoms with Crippen LogP contribution in [0.15, 0.2) is 42.7 Å². The molecule has 1 atom stereocenters. The fourth-order valence-electron chi connectivity index (χ4n) is 2.76. The molecule has 0 aromatic carbocycles. The average molecular weight is 307 g/mol. The van der Waals surface area contributed by atoms with Gasteiger partial charge in [0.2, 0.25) is 0 Å². The van der Waals surface area contributed by atoms with Crippen LogP contribution < -0.4 is 4.90 Å². The standard InChI is InChI=1S/C16H16F3N3/c17-16(18,19)13-4-5-15(21-10-13)22-8-6-12(11-22)9-14-3-1-2-7-20-14/h1-5,7,10,12H,6,8-9,11H2. The first-order valence-electron chi connectivity index (χ1n) is 7.20. The molecular weight excluding hydrogens is 291 g/mol. The minimum atomic E-state index is -4.34. The average Bonchev–Trinajstić information content (AvgIpc) is 2.96. The van der Waals surface area contributed by atoms with E-state index in [0.29, 0.717) is 11.7 Å². The van der Waals surface area contributed by atoms with Crippen LogP contribution in [0, 0.1) is 5.92 Å². The predicted octanol–water partition coefficient (Wildman–Crippen LogP) is 3.56. The quantitative estimate of drug-likeness (QED) is 0.868. The molecule has 116 valence electrons. The van der Waals surface area contributed by atoms with Crippen molar-refractivity contribution < 1.29 is 13.2 Å². The summed E-state index contributed by atoms with van der Waals surface area (Å²) < 4.78 is 37.6. The van der Waals surface area contributed by atoms with Crippen molar-refractivity contribution in [1.29, 1.82) is 0 Å². The number of halogens is 3. The monoisotopic (exact) mass is 307 g/mol. The second kappa shape index (κ2) is 5.94. The van der Waals surface area contributed by atoms with E-state index >= 15 is 0 Å². The number of hydrogen-bond donors (Lipinski definition) is 0. The molecule has 0 radical (unpaired) electrons. The van der Waals surface area contributed by atoms with Gasteiger partial charge in [0, 0.05) is 31.2 Å². The lowest BCUT2D eigenvalue weighted by Gasteiger charge is -2.18. The van der Waals surface area contributed by atoms with Crippen LogP contribution in [0.3, 0.4) is 0 Å². The SMILES string of the molecule is FC(F)(F)c1ccc(N2CCC(Cc3ccccn3)C2)nc1. The molecular formula is C16H16F3N3. The van der Waals surface area contributed by atoms with Gasteiger partial charge in [-0.05, 0) is 43.0 Å². The Morgan fingerprint density at radius 3 is 2.64 bits per heavy atom. The number of aromatic nitrogens is 2. The highest BCUT2D eigenvalue weighted by Gasteiger charge is 2.31. The highest BCUT2D eigenvalue weighted by Crippen LogP contribution is 2.30. The first-order chi connectivity index (χ1) is 10.5. The topological polar surface area (TPSA) is 29.0 Å². The molecule has 1 aliphatic heterocycles. The first-order valence-corrected chi connectivity index (χ1v) is 7.20. The van der Waals surface area contributed by atoms with E-state index in [2.05, 4.69) is 9.97 Å². The molecule has 0 bridgehead atoms. The summed E-state index contributed by atoms with van der Waals surface area (Å²) in [4.78, 5) is 10.3. The predicted molar refractivity (Wildman–Crippen MR) is 77.5 cm³/mol. The summed E-state index contributed by atoms with van der Waals surface area (Å²) in [6.07, 6.45) is 0.232. The summed E-state index contributed by atoms with van der Waals surface area (Å²) in [6.45, 7) is 1.62. The van der Waals surface area contributed by atoms with Crippen LogP contribution in [-0.4, -0.2) is 23.1 Å². The minimum absolute atomic E-state index is 0.457. The van der Waals surface area contributed by atoms with Crippen LogP contribution in [-0.2, 0) is 12.6 Å². The molecule has 0 aliphatic carbocycles. The third kappa shape index (κ3) is 3.37. The van der Waals surface area contributed by atoms with E-state index in [1.54, 1.807) is 6.20 Å². The van der Waals surface area contributed by atoms with Gasteiger partial charge in [0.15, 0.2) is 0 Å². The maximum Gasteiger partial charge on any atom is 0.417 e. The highest BCUT2D eigenvalue weighted by atomic mass is 19.4. The Morgan fingerprint density at radius 1 is 1.14 bits per heavy atom. The van der Waals surface area contributed by atoms with E-state index in [9.17, 15) is 13.2 Å². The molecule has 6 heteroatoms. The van der Waals surface area contributed by atoms with Gasteiger partial charge >= 0.3 is 6.18 Å². The number of pyridine rings is 2. The fourth-order valence-corrected chi connectivity index (χ4v) is 2.76. The number of hydrogen-bond acceptors (Lipinski definition) is 3. The van der Waals surface area contributed by atoms with E-state index in [0.717, 1.165) is 43.9 Å². The molecule has 0 amide bonds. The fraction of sp³-hybridized carbons (Fsp3) is 0.375. The van der Waals surface area contributed by atoms with Gasteiger partial charge in [-0.15, -0.1) is 0 Å². The van der Waals surface area contributed by atoms with Gasteiger partial charge in [0.05, 0.1) is 5.56 Å². The van der Waals surface area contributed by atoms with Crippen molar-refractivity contribution in [2.24, 2.45) is 5.92 Å². The smallest absolute Gasteiger partial charge is 0.356 e. The first kappa shape index (κ1) is 14.8. The number of rotatable bonds is 3. The van der Waals surface area contributed by atoms with Crippen LogP contribution in [0.25, 0.3) is 0 Å². The maximum atomic E-state index is 12.5. The Bertz CT molecular complexity index is 611. The van der Waals surface area contributed by atoms with Gasteiger partial charge in [0.1, 0.15) is 5.82 Å². The second-order valence-electron chi connectivity index (χ2n) is 5.53. The largest absolute Gasteiger partial charge is 0.417 e. The zero-order valence-electron chi connectivity index (χ0n) is 11.9. The zero-order valence-corrected chi connectivity index (χ0v) is 11.9. The van der Waals surface area contributed by atoms with Crippen molar-refractivity contribution in [3.8, 4) is 0 Å². The van der Waals surface area contributed by atoms with E-state index in [1.165, 1.54) is 6.07 Å². The van der Waals surface area contributed by atoms with Gasteiger partial charge in [-0.2, -0.15) is 13.2 Å². The molecule has 0 N–H and O–H groups in total. The van der Waals surface area contributed by atoms with Crippen LogP contribution in [0.2, 0.25) is 0 Å². The van der Waals surface area contributed by atoms with Gasteiger partial charge in [-0.25, -0.2) is 4.98 Å². The lowest BCUT2D eigenvalue weighted by atomic mass is 10.0. The molecule has 2 aromatic rings. The molecule has 1 saturated heterocycles. The summed E-state index contributed by atoms with van der Waals surface area (Å²) in [7, 11) is 0. The third-order valence-corrected chi connectivity index (χ3v) is 3.91. The van der Waals surface area contributed by atoms with E-state index in [-0.39, 0.29) is 0 Å². The van der Waals surface area contributed by atoms with Gasteiger partial charge < -0.3 is 4.90 Å². The Labute approximate surface area is 126 Å². The van der Waals surface area contributed by atoms with Crippen molar-refractivity contribution in [2.45, 2.75) is 19.0 Å². The number of alkyl halides is 3. The van der Waals surface area contributed by atoms with Gasteiger partial charge in [-0.3, -0.25) is 4.98 Å². The summed E-state index contributed by atoms with van der Waals surface area (Å²) in [5.41, 5.74) is 0.343. The van der Waals surface area contributed by atoms with E-state index in [1.807, 2.05) is 23.1 Å². The Kier molecular flexibility index (Phi) is 4.00. The molecule has 1 fully saturated rings. The Hall–Kier alpha value is -2.11. The third-order valence-electron chi connectivity index (χ3n) is 3.91. The van der Waals surface area contributed by atoms with Crippen molar-refractivity contribution >= 4 is 5.82 Å². The lowest BCUT2D eigenvalue weighted by Crippen LogP contribution is -2.21. The van der Waals surface area contributed by atoms with Crippen molar-refractivity contribution in [3.05, 3.63) is 54.0 Å².